The molecule has 0 aromatic heterocycles. The summed E-state index contributed by atoms with van der Waals surface area (Å²) in [7, 11) is 1.36. The minimum Gasteiger partial charge on any atom is -0.468 e. The fourth-order valence-corrected chi connectivity index (χ4v) is 4.04. The van der Waals surface area contributed by atoms with Gasteiger partial charge in [0.2, 0.25) is 0 Å². The predicted molar refractivity (Wildman–Crippen MR) is 112 cm³/mol. The summed E-state index contributed by atoms with van der Waals surface area (Å²) in [6, 6.07) is 19.4. The first-order chi connectivity index (χ1) is 14.5. The predicted octanol–water partition coefficient (Wildman–Crippen LogP) is 3.52. The Labute approximate surface area is 174 Å². The number of hydrogen-bond donors (Lipinski definition) is 1. The third kappa shape index (κ3) is 4.19. The van der Waals surface area contributed by atoms with Gasteiger partial charge in [0.1, 0.15) is 11.9 Å². The van der Waals surface area contributed by atoms with E-state index in [1.807, 2.05) is 23.1 Å². The van der Waals surface area contributed by atoms with Gasteiger partial charge in [-0.15, -0.1) is 0 Å². The van der Waals surface area contributed by atoms with Crippen LogP contribution in [0.5, 0.6) is 0 Å². The molecule has 1 saturated heterocycles. The molecule has 1 aliphatic rings. The fraction of sp³-hybridized carbons (Fsp3) is 0.250. The van der Waals surface area contributed by atoms with E-state index < -0.39 is 17.8 Å². The molecule has 0 radical (unpaired) electrons. The van der Waals surface area contributed by atoms with Crippen molar-refractivity contribution in [2.75, 3.05) is 13.7 Å². The molecule has 5 nitrogen and oxygen atoms in total. The van der Waals surface area contributed by atoms with Crippen LogP contribution in [0.1, 0.15) is 22.3 Å². The van der Waals surface area contributed by atoms with Crippen molar-refractivity contribution in [1.29, 1.82) is 0 Å². The summed E-state index contributed by atoms with van der Waals surface area (Å²) in [5.41, 5.74) is 1.07. The SMILES string of the molecule is COC(=O)[C@@H]1C[C@@H](NC(=O)c2ccccc2F)CN1Cc1ccc2ccccc2c1. The standard InChI is InChI=1S/C24H23FN2O3/c1-30-24(29)22-13-19(26-23(28)20-8-4-5-9-21(20)25)15-27(22)14-16-10-11-17-6-2-3-7-18(17)12-16/h2-12,19,22H,13-15H2,1H3,(H,26,28)/t19-,22+/m1/s1. The van der Waals surface area contributed by atoms with E-state index in [1.54, 1.807) is 12.1 Å². The molecule has 0 spiro atoms. The van der Waals surface area contributed by atoms with Gasteiger partial charge < -0.3 is 10.1 Å². The van der Waals surface area contributed by atoms with E-state index in [0.29, 0.717) is 19.5 Å². The van der Waals surface area contributed by atoms with Crippen molar-refractivity contribution in [1.82, 2.24) is 10.2 Å². The van der Waals surface area contributed by atoms with E-state index in [9.17, 15) is 14.0 Å². The Morgan fingerprint density at radius 3 is 2.57 bits per heavy atom. The minimum atomic E-state index is -0.564. The largest absolute Gasteiger partial charge is 0.468 e. The summed E-state index contributed by atoms with van der Waals surface area (Å²) in [6.07, 6.45) is 0.417. The van der Waals surface area contributed by atoms with Gasteiger partial charge in [-0.05, 0) is 41.0 Å². The Balaban J connectivity index is 1.50. The van der Waals surface area contributed by atoms with Gasteiger partial charge in [-0.25, -0.2) is 4.39 Å². The Hall–Kier alpha value is -3.25. The molecule has 0 aliphatic carbocycles. The quantitative estimate of drug-likeness (QED) is 0.659. The van der Waals surface area contributed by atoms with E-state index in [0.717, 1.165) is 16.3 Å². The van der Waals surface area contributed by atoms with Crippen molar-refractivity contribution in [3.63, 3.8) is 0 Å². The number of methoxy groups -OCH3 is 1. The lowest BCUT2D eigenvalue weighted by Crippen LogP contribution is -2.38. The Morgan fingerprint density at radius 1 is 1.07 bits per heavy atom. The number of carbonyl (C=O) groups excluding carboxylic acids is 2. The van der Waals surface area contributed by atoms with Gasteiger partial charge in [0.05, 0.1) is 12.7 Å². The zero-order chi connectivity index (χ0) is 21.1. The molecule has 1 heterocycles. The number of carbonyl (C=O) groups is 2. The molecule has 1 N–H and O–H groups in total. The summed E-state index contributed by atoms with van der Waals surface area (Å²) in [6.45, 7) is 1.03. The van der Waals surface area contributed by atoms with Crippen LogP contribution in [0.4, 0.5) is 4.39 Å². The van der Waals surface area contributed by atoms with Crippen LogP contribution in [0.25, 0.3) is 10.8 Å². The number of rotatable bonds is 5. The summed E-state index contributed by atoms with van der Waals surface area (Å²) >= 11 is 0. The molecule has 0 unspecified atom stereocenters. The third-order valence-corrected chi connectivity index (χ3v) is 5.53. The molecule has 2 atom stereocenters. The molecule has 4 rings (SSSR count). The molecule has 3 aromatic rings. The zero-order valence-electron chi connectivity index (χ0n) is 16.7. The first-order valence-electron chi connectivity index (χ1n) is 9.90. The van der Waals surface area contributed by atoms with E-state index in [4.69, 9.17) is 4.74 Å². The number of hydrogen-bond acceptors (Lipinski definition) is 4. The molecular formula is C24H23FN2O3. The maximum absolute atomic E-state index is 13.9. The zero-order valence-corrected chi connectivity index (χ0v) is 16.7. The average molecular weight is 406 g/mol. The van der Waals surface area contributed by atoms with Crippen molar-refractivity contribution in [3.05, 3.63) is 83.7 Å². The van der Waals surface area contributed by atoms with Crippen LogP contribution in [0.2, 0.25) is 0 Å². The Kier molecular flexibility index (Phi) is 5.77. The van der Waals surface area contributed by atoms with Gasteiger partial charge in [0.25, 0.3) is 5.91 Å². The second-order valence-corrected chi connectivity index (χ2v) is 7.54. The molecule has 1 amide bonds. The van der Waals surface area contributed by atoms with Gasteiger partial charge in [-0.2, -0.15) is 0 Å². The topological polar surface area (TPSA) is 58.6 Å². The van der Waals surface area contributed by atoms with Crippen molar-refractivity contribution in [3.8, 4) is 0 Å². The maximum atomic E-state index is 13.9. The highest BCUT2D eigenvalue weighted by molar-refractivity contribution is 5.94. The molecule has 154 valence electrons. The second kappa shape index (κ2) is 8.63. The number of nitrogens with zero attached hydrogens (tertiary/aromatic N) is 1. The molecule has 0 bridgehead atoms. The Morgan fingerprint density at radius 2 is 1.80 bits per heavy atom. The van der Waals surface area contributed by atoms with Crippen LogP contribution in [0.15, 0.2) is 66.7 Å². The van der Waals surface area contributed by atoms with Gasteiger partial charge in [-0.3, -0.25) is 14.5 Å². The molecule has 1 fully saturated rings. The smallest absolute Gasteiger partial charge is 0.323 e. The van der Waals surface area contributed by atoms with E-state index in [1.165, 1.54) is 19.2 Å². The van der Waals surface area contributed by atoms with Crippen LogP contribution >= 0.6 is 0 Å². The maximum Gasteiger partial charge on any atom is 0.323 e. The van der Waals surface area contributed by atoms with Crippen molar-refractivity contribution in [2.24, 2.45) is 0 Å². The van der Waals surface area contributed by atoms with E-state index in [2.05, 4.69) is 29.6 Å². The third-order valence-electron chi connectivity index (χ3n) is 5.53. The lowest BCUT2D eigenvalue weighted by atomic mass is 10.1. The number of halogens is 1. The van der Waals surface area contributed by atoms with E-state index >= 15 is 0 Å². The molecule has 3 aromatic carbocycles. The fourth-order valence-electron chi connectivity index (χ4n) is 4.04. The summed E-state index contributed by atoms with van der Waals surface area (Å²) in [5, 5.41) is 5.15. The van der Waals surface area contributed by atoms with Crippen LogP contribution in [-0.4, -0.2) is 42.5 Å². The monoisotopic (exact) mass is 406 g/mol. The molecule has 6 heteroatoms. The van der Waals surface area contributed by atoms with E-state index in [-0.39, 0.29) is 17.6 Å². The van der Waals surface area contributed by atoms with Crippen LogP contribution in [0.3, 0.4) is 0 Å². The first-order valence-corrected chi connectivity index (χ1v) is 9.90. The number of esters is 1. The molecule has 0 saturated carbocycles. The number of nitrogens with one attached hydrogen (secondary N) is 1. The lowest BCUT2D eigenvalue weighted by Gasteiger charge is -2.22. The van der Waals surface area contributed by atoms with Gasteiger partial charge >= 0.3 is 5.97 Å². The van der Waals surface area contributed by atoms with Crippen molar-refractivity contribution in [2.45, 2.75) is 25.0 Å². The summed E-state index contributed by atoms with van der Waals surface area (Å²) in [5.74, 6) is -1.38. The minimum absolute atomic E-state index is 0.0000900. The van der Waals surface area contributed by atoms with Gasteiger partial charge in [0, 0.05) is 19.1 Å². The first kappa shape index (κ1) is 20.0. The highest BCUT2D eigenvalue weighted by Crippen LogP contribution is 2.24. The normalized spacial score (nSPS) is 19.0. The lowest BCUT2D eigenvalue weighted by molar-refractivity contribution is -0.146. The van der Waals surface area contributed by atoms with Crippen molar-refractivity contribution >= 4 is 22.6 Å². The average Bonchev–Trinajstić information content (AvgIpc) is 3.15. The number of ether oxygens (including phenoxy) is 1. The summed E-state index contributed by atoms with van der Waals surface area (Å²) < 4.78 is 18.9. The highest BCUT2D eigenvalue weighted by Gasteiger charge is 2.38. The van der Waals surface area contributed by atoms with Gasteiger partial charge in [0.15, 0.2) is 0 Å². The van der Waals surface area contributed by atoms with Crippen LogP contribution in [-0.2, 0) is 16.1 Å². The molecule has 30 heavy (non-hydrogen) atoms. The van der Waals surface area contributed by atoms with Crippen LogP contribution < -0.4 is 5.32 Å². The number of benzene rings is 3. The summed E-state index contributed by atoms with van der Waals surface area (Å²) in [4.78, 5) is 26.8. The molecular weight excluding hydrogens is 383 g/mol. The van der Waals surface area contributed by atoms with Crippen molar-refractivity contribution < 1.29 is 18.7 Å². The molecule has 1 aliphatic heterocycles. The number of fused-ring (bicyclic) bond motifs is 1. The highest BCUT2D eigenvalue weighted by atomic mass is 19.1. The second-order valence-electron chi connectivity index (χ2n) is 7.54. The van der Waals surface area contributed by atoms with Gasteiger partial charge in [-0.1, -0.05) is 48.5 Å². The Bertz CT molecular complexity index is 1080. The number of amides is 1. The van der Waals surface area contributed by atoms with Crippen LogP contribution in [0, 0.1) is 5.82 Å². The number of likely N-dealkylation sites (tertiary alicyclic amines) is 1.